The fourth-order valence-electron chi connectivity index (χ4n) is 6.91. The number of hydrogen-bond donors (Lipinski definition) is 2. The van der Waals surface area contributed by atoms with E-state index in [1.807, 2.05) is 18.2 Å². The number of nitrogens with zero attached hydrogens (tertiary/aromatic N) is 4. The van der Waals surface area contributed by atoms with E-state index in [1.54, 1.807) is 10.6 Å². The molecule has 13 heteroatoms. The van der Waals surface area contributed by atoms with Crippen LogP contribution in [0.3, 0.4) is 0 Å². The number of aromatic nitrogens is 3. The number of benzene rings is 1. The summed E-state index contributed by atoms with van der Waals surface area (Å²) in [5, 5.41) is 13.5. The van der Waals surface area contributed by atoms with Crippen molar-refractivity contribution in [2.24, 2.45) is 0 Å². The minimum absolute atomic E-state index is 0.0686. The number of ether oxygens (including phenoxy) is 3. The van der Waals surface area contributed by atoms with Gasteiger partial charge >= 0.3 is 8.60 Å². The average molecular weight is 772 g/mol. The van der Waals surface area contributed by atoms with E-state index in [0.717, 1.165) is 36.9 Å². The number of hydrogen-bond acceptors (Lipinski definition) is 10. The van der Waals surface area contributed by atoms with Crippen LogP contribution in [-0.2, 0) is 29.7 Å². The largest absolute Gasteiger partial charge is 0.382 e. The van der Waals surface area contributed by atoms with Crippen LogP contribution < -0.4 is 5.73 Å². The van der Waals surface area contributed by atoms with E-state index < -0.39 is 20.5 Å². The van der Waals surface area contributed by atoms with Crippen LogP contribution in [0.25, 0.3) is 5.52 Å². The summed E-state index contributed by atoms with van der Waals surface area (Å²) in [7, 11) is -2.18. The van der Waals surface area contributed by atoms with Crippen molar-refractivity contribution in [3.63, 3.8) is 0 Å². The summed E-state index contributed by atoms with van der Waals surface area (Å²) in [6.45, 7) is 3.71. The fourth-order valence-corrected chi connectivity index (χ4v) is 7.57. The van der Waals surface area contributed by atoms with Crippen LogP contribution in [0, 0.1) is 17.1 Å². The molecule has 4 atom stereocenters. The highest BCUT2D eigenvalue weighted by molar-refractivity contribution is 7.40. The topological polar surface area (TPSA) is 146 Å². The summed E-state index contributed by atoms with van der Waals surface area (Å²) < 4.78 is 45.2. The Kier molecular flexibility index (Phi) is 21.3. The van der Waals surface area contributed by atoms with E-state index in [0.29, 0.717) is 31.0 Å². The van der Waals surface area contributed by atoms with Crippen molar-refractivity contribution in [1.82, 2.24) is 14.6 Å². The molecule has 3 N–H and O–H groups in total. The highest BCUT2D eigenvalue weighted by atomic mass is 31.2. The molecule has 1 aliphatic heterocycles. The minimum atomic E-state index is -2.18. The molecule has 1 aromatic carbocycles. The van der Waals surface area contributed by atoms with E-state index in [9.17, 15) is 14.5 Å². The molecule has 0 aliphatic carbocycles. The van der Waals surface area contributed by atoms with Gasteiger partial charge in [0.2, 0.25) is 0 Å². The average Bonchev–Trinajstić information content (AvgIpc) is 3.83. The van der Waals surface area contributed by atoms with Gasteiger partial charge in [-0.2, -0.15) is 10.4 Å². The van der Waals surface area contributed by atoms with Crippen molar-refractivity contribution in [3.8, 4) is 6.07 Å². The first-order valence-corrected chi connectivity index (χ1v) is 21.5. The molecule has 4 rings (SSSR count). The fraction of sp³-hybridized carbons (Fsp3) is 0.683. The van der Waals surface area contributed by atoms with Crippen molar-refractivity contribution in [2.45, 2.75) is 147 Å². The lowest BCUT2D eigenvalue weighted by Gasteiger charge is -2.20. The van der Waals surface area contributed by atoms with Crippen LogP contribution in [0.5, 0.6) is 0 Å². The molecule has 4 unspecified atom stereocenters. The molecule has 0 spiro atoms. The number of fused-ring (bicyclic) bond motifs is 1. The van der Waals surface area contributed by atoms with Crippen molar-refractivity contribution >= 4 is 19.9 Å². The Morgan fingerprint density at radius 3 is 2.30 bits per heavy atom. The molecule has 1 saturated heterocycles. The molecule has 1 aliphatic rings. The third-order valence-corrected chi connectivity index (χ3v) is 10.7. The zero-order valence-electron chi connectivity index (χ0n) is 32.3. The number of nitriles is 1. The SMILES string of the molecule is CCCCCCCCCCCCCCCCCCOCC(COP(O)OCC1CCC(c2ccc3c(N)ncnn23)O1)OCCc1cc(F)cc(C#N)c1. The quantitative estimate of drug-likeness (QED) is 0.0496. The lowest BCUT2D eigenvalue weighted by atomic mass is 10.0. The van der Waals surface area contributed by atoms with Crippen LogP contribution in [0.15, 0.2) is 36.7 Å². The molecule has 3 aromatic rings. The molecule has 300 valence electrons. The van der Waals surface area contributed by atoms with E-state index in [1.165, 1.54) is 108 Å². The highest BCUT2D eigenvalue weighted by Crippen LogP contribution is 2.38. The predicted molar refractivity (Wildman–Crippen MR) is 210 cm³/mol. The molecule has 11 nitrogen and oxygen atoms in total. The first-order chi connectivity index (χ1) is 26.5. The Morgan fingerprint density at radius 1 is 0.926 bits per heavy atom. The van der Waals surface area contributed by atoms with Gasteiger partial charge in [-0.05, 0) is 61.6 Å². The second kappa shape index (κ2) is 26.2. The molecular formula is C41H63FN5O6P. The Labute approximate surface area is 323 Å². The van der Waals surface area contributed by atoms with Gasteiger partial charge in [-0.15, -0.1) is 0 Å². The Bertz CT molecular complexity index is 1510. The van der Waals surface area contributed by atoms with E-state index in [-0.39, 0.29) is 37.6 Å². The molecule has 54 heavy (non-hydrogen) atoms. The van der Waals surface area contributed by atoms with Gasteiger partial charge in [0.1, 0.15) is 29.9 Å². The van der Waals surface area contributed by atoms with Gasteiger partial charge in [0, 0.05) is 6.61 Å². The summed E-state index contributed by atoms with van der Waals surface area (Å²) in [5.74, 6) is -0.0422. The molecular weight excluding hydrogens is 708 g/mol. The van der Waals surface area contributed by atoms with Crippen molar-refractivity contribution in [1.29, 1.82) is 5.26 Å². The molecule has 3 heterocycles. The zero-order chi connectivity index (χ0) is 38.2. The van der Waals surface area contributed by atoms with Crippen LogP contribution in [0.1, 0.15) is 145 Å². The maximum Gasteiger partial charge on any atom is 0.330 e. The third kappa shape index (κ3) is 16.5. The van der Waals surface area contributed by atoms with Crippen LogP contribution in [0.4, 0.5) is 10.2 Å². The number of anilines is 1. The number of rotatable bonds is 30. The van der Waals surface area contributed by atoms with Gasteiger partial charge < -0.3 is 33.9 Å². The normalized spacial score (nSPS) is 16.9. The molecule has 0 saturated carbocycles. The maximum absolute atomic E-state index is 13.9. The van der Waals surface area contributed by atoms with Gasteiger partial charge in [-0.1, -0.05) is 103 Å². The van der Waals surface area contributed by atoms with E-state index in [4.69, 9.17) is 29.0 Å². The number of nitrogen functional groups attached to an aromatic ring is 1. The van der Waals surface area contributed by atoms with Crippen LogP contribution in [-0.4, -0.2) is 64.7 Å². The van der Waals surface area contributed by atoms with Crippen LogP contribution in [0.2, 0.25) is 0 Å². The second-order valence-electron chi connectivity index (χ2n) is 14.4. The molecule has 0 amide bonds. The van der Waals surface area contributed by atoms with Gasteiger partial charge in [-0.25, -0.2) is 13.9 Å². The Morgan fingerprint density at radius 2 is 1.61 bits per heavy atom. The Hall–Kier alpha value is -2.75. The van der Waals surface area contributed by atoms with Gasteiger partial charge in [0.15, 0.2) is 5.82 Å². The molecule has 2 aromatic heterocycles. The Balaban J connectivity index is 1.09. The summed E-state index contributed by atoms with van der Waals surface area (Å²) in [6.07, 6.45) is 23.6. The number of unbranched alkanes of at least 4 members (excludes halogenated alkanes) is 15. The monoisotopic (exact) mass is 771 g/mol. The first kappa shape index (κ1) is 44.0. The maximum atomic E-state index is 13.9. The summed E-state index contributed by atoms with van der Waals surface area (Å²) in [4.78, 5) is 14.6. The minimum Gasteiger partial charge on any atom is -0.382 e. The summed E-state index contributed by atoms with van der Waals surface area (Å²) in [6, 6.07) is 10.1. The van der Waals surface area contributed by atoms with Gasteiger partial charge in [0.05, 0.1) is 49.9 Å². The van der Waals surface area contributed by atoms with Crippen molar-refractivity contribution in [3.05, 3.63) is 59.3 Å². The predicted octanol–water partition coefficient (Wildman–Crippen LogP) is 9.70. The molecule has 0 radical (unpaired) electrons. The summed E-state index contributed by atoms with van der Waals surface area (Å²) >= 11 is 0. The second-order valence-corrected chi connectivity index (χ2v) is 15.4. The lowest BCUT2D eigenvalue weighted by Crippen LogP contribution is -2.26. The molecule has 1 fully saturated rings. The third-order valence-electron chi connectivity index (χ3n) is 9.97. The highest BCUT2D eigenvalue weighted by Gasteiger charge is 2.30. The van der Waals surface area contributed by atoms with E-state index in [2.05, 4.69) is 17.0 Å². The van der Waals surface area contributed by atoms with Gasteiger partial charge in [0.25, 0.3) is 0 Å². The number of nitrogens with two attached hydrogens (primary N) is 1. The number of halogens is 1. The zero-order valence-corrected chi connectivity index (χ0v) is 33.2. The van der Waals surface area contributed by atoms with Crippen LogP contribution >= 0.6 is 8.60 Å². The molecule has 0 bridgehead atoms. The van der Waals surface area contributed by atoms with Crippen molar-refractivity contribution < 1.29 is 32.5 Å². The van der Waals surface area contributed by atoms with Gasteiger partial charge in [-0.3, -0.25) is 0 Å². The standard InChI is InChI=1S/C41H63FN5O6P/c1-2-3-4-5-6-7-8-9-10-11-12-13-14-15-16-17-23-49-29-37(50-24-22-33-25-34(28-43)27-35(42)26-33)31-52-54(48)51-30-36-18-21-40(53-36)38-19-20-39-41(44)45-32-46-47(38)39/h19-20,25-27,32,36-37,40,48H,2-18,21-24,29-31H2,1H3,(H2,44,45,46). The van der Waals surface area contributed by atoms with Crippen molar-refractivity contribution in [2.75, 3.05) is 38.8 Å². The lowest BCUT2D eigenvalue weighted by molar-refractivity contribution is -0.0413. The summed E-state index contributed by atoms with van der Waals surface area (Å²) in [5.41, 5.74) is 8.54. The smallest absolute Gasteiger partial charge is 0.330 e. The van der Waals surface area contributed by atoms with E-state index >= 15 is 0 Å². The first-order valence-electron chi connectivity index (χ1n) is 20.3.